The van der Waals surface area contributed by atoms with Crippen molar-refractivity contribution in [1.29, 1.82) is 0 Å². The van der Waals surface area contributed by atoms with Gasteiger partial charge in [0.1, 0.15) is 4.90 Å². The molecule has 0 aliphatic heterocycles. The van der Waals surface area contributed by atoms with Gasteiger partial charge in [0.2, 0.25) is 0 Å². The molecule has 0 saturated heterocycles. The maximum Gasteiger partial charge on any atom is 0.322 e. The number of nitrogens with one attached hydrogen (secondary N) is 1. The molecule has 1 aromatic carbocycles. The second kappa shape index (κ2) is 5.41. The monoisotopic (exact) mass is 431 g/mol. The topological polar surface area (TPSA) is 68.0 Å². The van der Waals surface area contributed by atoms with E-state index in [1.807, 2.05) is 0 Å². The van der Waals surface area contributed by atoms with E-state index < -0.39 is 21.0 Å². The quantitative estimate of drug-likeness (QED) is 0.488. The average Bonchev–Trinajstić information content (AvgIpc) is 3.14. The third-order valence-corrected chi connectivity index (χ3v) is 5.37. The number of rotatable bonds is 4. The average molecular weight is 432 g/mol. The maximum absolute atomic E-state index is 12.7. The van der Waals surface area contributed by atoms with Crippen LogP contribution in [0.25, 0.3) is 10.8 Å². The molecule has 0 aliphatic rings. The van der Waals surface area contributed by atoms with E-state index in [9.17, 15) is 24.2 Å². The van der Waals surface area contributed by atoms with Crippen LogP contribution in [0.3, 0.4) is 0 Å². The van der Waals surface area contributed by atoms with Crippen LogP contribution in [0.1, 0.15) is 10.4 Å². The molecule has 2 heterocycles. The summed E-state index contributed by atoms with van der Waals surface area (Å²) in [7, 11) is -9.79. The molecule has 13 heteroatoms. The van der Waals surface area contributed by atoms with Crippen molar-refractivity contribution in [2.75, 3.05) is 5.32 Å². The molecule has 5 nitrogen and oxygen atoms in total. The Balaban J connectivity index is 1.76. The molecule has 0 unspecified atom stereocenters. The van der Waals surface area contributed by atoms with Crippen molar-refractivity contribution in [3.63, 3.8) is 0 Å². The fraction of sp³-hybridized carbons (Fsp3) is 0. The predicted octanol–water partition coefficient (Wildman–Crippen LogP) is 6.36. The van der Waals surface area contributed by atoms with Gasteiger partial charge in [-0.05, 0) is 36.4 Å². The molecule has 0 saturated carbocycles. The Morgan fingerprint density at radius 3 is 2.23 bits per heavy atom. The third-order valence-electron chi connectivity index (χ3n) is 2.99. The Morgan fingerprint density at radius 1 is 1.04 bits per heavy atom. The highest BCUT2D eigenvalue weighted by atomic mass is 35.5. The zero-order valence-electron chi connectivity index (χ0n) is 12.3. The molecule has 0 spiro atoms. The zero-order valence-corrected chi connectivity index (χ0v) is 14.6. The van der Waals surface area contributed by atoms with E-state index in [1.54, 1.807) is 12.1 Å². The van der Waals surface area contributed by atoms with E-state index in [-0.39, 0.29) is 29.6 Å². The van der Waals surface area contributed by atoms with Gasteiger partial charge in [-0.2, -0.15) is 0 Å². The summed E-state index contributed by atoms with van der Waals surface area (Å²) in [4.78, 5) is 10.4. The van der Waals surface area contributed by atoms with Crippen molar-refractivity contribution in [2.24, 2.45) is 0 Å². The number of hydrogen-bond acceptors (Lipinski definition) is 5. The van der Waals surface area contributed by atoms with Gasteiger partial charge in [0, 0.05) is 5.56 Å². The number of anilines is 1. The van der Waals surface area contributed by atoms with Crippen LogP contribution in [0, 0.1) is 0 Å². The second-order valence-electron chi connectivity index (χ2n) is 4.96. The summed E-state index contributed by atoms with van der Waals surface area (Å²) in [5.74, 6) is -0.827. The number of halogens is 6. The van der Waals surface area contributed by atoms with Crippen LogP contribution in [-0.4, -0.2) is 16.1 Å². The Labute approximate surface area is 151 Å². The van der Waals surface area contributed by atoms with Crippen LogP contribution < -0.4 is 5.32 Å². The molecule has 0 atom stereocenters. The number of hydrogen-bond donors (Lipinski definition) is 1. The molecule has 3 aromatic rings. The predicted molar refractivity (Wildman–Crippen MR) is 88.4 cm³/mol. The first kappa shape index (κ1) is 18.6. The SMILES string of the molecule is O=C(Nc1nnc(-c2ccc(Cl)s2)o1)c1ccc(S(F)(F)(F)(F)F)cc1. The van der Waals surface area contributed by atoms with Gasteiger partial charge in [0.15, 0.2) is 0 Å². The number of carbonyl (C=O) groups is 1. The molecule has 0 radical (unpaired) electrons. The molecule has 0 fully saturated rings. The van der Waals surface area contributed by atoms with E-state index in [2.05, 4.69) is 15.5 Å². The summed E-state index contributed by atoms with van der Waals surface area (Å²) in [6.45, 7) is 0. The lowest BCUT2D eigenvalue weighted by Gasteiger charge is -2.40. The number of amides is 1. The zero-order chi connectivity index (χ0) is 19.2. The lowest BCUT2D eigenvalue weighted by atomic mass is 10.2. The fourth-order valence-electron chi connectivity index (χ4n) is 1.84. The van der Waals surface area contributed by atoms with Crippen molar-refractivity contribution >= 4 is 45.1 Å². The van der Waals surface area contributed by atoms with E-state index >= 15 is 0 Å². The smallest absolute Gasteiger partial charge is 0.322 e. The van der Waals surface area contributed by atoms with Gasteiger partial charge in [-0.15, -0.1) is 16.4 Å². The van der Waals surface area contributed by atoms with Crippen molar-refractivity contribution in [2.45, 2.75) is 4.90 Å². The van der Waals surface area contributed by atoms with E-state index in [0.29, 0.717) is 21.3 Å². The van der Waals surface area contributed by atoms with E-state index in [0.717, 1.165) is 11.3 Å². The van der Waals surface area contributed by atoms with Gasteiger partial charge in [-0.3, -0.25) is 10.1 Å². The number of nitrogens with zero attached hydrogens (tertiary/aromatic N) is 2. The van der Waals surface area contributed by atoms with E-state index in [1.165, 1.54) is 0 Å². The Hall–Kier alpha value is -2.18. The first-order valence-corrected chi connectivity index (χ1v) is 9.71. The van der Waals surface area contributed by atoms with Gasteiger partial charge in [-0.1, -0.05) is 36.1 Å². The first-order valence-electron chi connectivity index (χ1n) is 6.56. The molecule has 1 amide bonds. The molecular formula is C13H7ClF5N3O2S2. The number of carbonyl (C=O) groups excluding carboxylic acids is 1. The summed E-state index contributed by atoms with van der Waals surface area (Å²) >= 11 is 6.93. The number of thiophene rings is 1. The summed E-state index contributed by atoms with van der Waals surface area (Å²) in [5, 5.41) is 9.42. The number of aromatic nitrogens is 2. The fourth-order valence-corrected chi connectivity index (χ4v) is 3.45. The Kier molecular flexibility index (Phi) is 3.87. The maximum atomic E-state index is 12.7. The van der Waals surface area contributed by atoms with Crippen LogP contribution in [-0.2, 0) is 0 Å². The normalized spacial score (nSPS) is 14.5. The van der Waals surface area contributed by atoms with Crippen LogP contribution in [0.15, 0.2) is 45.7 Å². The molecule has 2 aromatic heterocycles. The largest absolute Gasteiger partial charge is 0.402 e. The number of benzene rings is 1. The Morgan fingerprint density at radius 2 is 1.69 bits per heavy atom. The molecule has 26 heavy (non-hydrogen) atoms. The Bertz CT molecular complexity index is 986. The minimum absolute atomic E-state index is 0.0773. The lowest BCUT2D eigenvalue weighted by Crippen LogP contribution is -2.13. The molecule has 0 aliphatic carbocycles. The van der Waals surface area contributed by atoms with Gasteiger partial charge in [-0.25, -0.2) is 0 Å². The van der Waals surface area contributed by atoms with Crippen molar-refractivity contribution in [1.82, 2.24) is 10.2 Å². The molecular weight excluding hydrogens is 425 g/mol. The minimum Gasteiger partial charge on any atom is -0.402 e. The molecule has 1 N–H and O–H groups in total. The van der Waals surface area contributed by atoms with Gasteiger partial charge in [0.05, 0.1) is 9.21 Å². The van der Waals surface area contributed by atoms with Gasteiger partial charge < -0.3 is 4.42 Å². The van der Waals surface area contributed by atoms with Crippen LogP contribution in [0.2, 0.25) is 4.34 Å². The molecule has 140 valence electrons. The lowest BCUT2D eigenvalue weighted by molar-refractivity contribution is 0.102. The van der Waals surface area contributed by atoms with E-state index in [4.69, 9.17) is 16.0 Å². The van der Waals surface area contributed by atoms with Crippen LogP contribution in [0.5, 0.6) is 0 Å². The van der Waals surface area contributed by atoms with Crippen molar-refractivity contribution < 1.29 is 28.6 Å². The van der Waals surface area contributed by atoms with Crippen molar-refractivity contribution in [3.8, 4) is 10.8 Å². The van der Waals surface area contributed by atoms with Crippen molar-refractivity contribution in [3.05, 3.63) is 46.3 Å². The first-order chi connectivity index (χ1) is 11.8. The minimum atomic E-state index is -9.79. The van der Waals surface area contributed by atoms with Crippen LogP contribution >= 0.6 is 33.2 Å². The van der Waals surface area contributed by atoms with Gasteiger partial charge in [0.25, 0.3) is 11.8 Å². The standard InChI is InChI=1S/C13H7ClF5N3O2S2/c14-10-6-5-9(25-10)12-21-22-13(24-12)20-11(23)7-1-3-8(4-2-7)26(15,16,17,18)19/h1-6H,(H,20,22,23). The summed E-state index contributed by atoms with van der Waals surface area (Å²) in [6, 6.07) is 4.44. The summed E-state index contributed by atoms with van der Waals surface area (Å²) in [5.41, 5.74) is -0.297. The highest BCUT2D eigenvalue weighted by Gasteiger charge is 2.65. The van der Waals surface area contributed by atoms with Crippen LogP contribution in [0.4, 0.5) is 25.4 Å². The summed E-state index contributed by atoms with van der Waals surface area (Å²) in [6.07, 6.45) is 0. The summed E-state index contributed by atoms with van der Waals surface area (Å²) < 4.78 is 68.9. The second-order valence-corrected chi connectivity index (χ2v) is 9.09. The van der Waals surface area contributed by atoms with Gasteiger partial charge >= 0.3 is 16.2 Å². The molecule has 3 rings (SSSR count). The highest BCUT2D eigenvalue weighted by Crippen LogP contribution is 3.02. The molecule has 0 bridgehead atoms. The highest BCUT2D eigenvalue weighted by molar-refractivity contribution is 8.45. The third kappa shape index (κ3) is 4.14.